The summed E-state index contributed by atoms with van der Waals surface area (Å²) in [5.74, 6) is 7.34. The van der Waals surface area contributed by atoms with Crippen molar-refractivity contribution in [3.63, 3.8) is 0 Å². The number of nitrogens with one attached hydrogen (secondary N) is 4. The van der Waals surface area contributed by atoms with E-state index in [1.165, 1.54) is 5.56 Å². The number of aromatic nitrogens is 4. The van der Waals surface area contributed by atoms with E-state index in [9.17, 15) is 4.79 Å². The topological polar surface area (TPSA) is 109 Å². The van der Waals surface area contributed by atoms with Gasteiger partial charge in [-0.1, -0.05) is 42.2 Å². The molecule has 1 aliphatic rings. The van der Waals surface area contributed by atoms with Crippen molar-refractivity contribution in [1.82, 2.24) is 35.7 Å². The predicted octanol–water partition coefficient (Wildman–Crippen LogP) is 4.23. The Kier molecular flexibility index (Phi) is 7.08. The van der Waals surface area contributed by atoms with E-state index in [4.69, 9.17) is 0 Å². The molecule has 0 spiro atoms. The zero-order chi connectivity index (χ0) is 26.6. The second-order valence-corrected chi connectivity index (χ2v) is 10.5. The van der Waals surface area contributed by atoms with E-state index in [1.807, 2.05) is 48.1 Å². The molecule has 5 aromatic rings. The third-order valence-electron chi connectivity index (χ3n) is 6.56. The number of benzene rings is 2. The fourth-order valence-corrected chi connectivity index (χ4v) is 5.62. The first-order valence-corrected chi connectivity index (χ1v) is 13.8. The summed E-state index contributed by atoms with van der Waals surface area (Å²) in [7, 11) is 0. The third kappa shape index (κ3) is 5.70. The number of hydrogen-bond donors (Lipinski definition) is 4. The molecule has 1 aliphatic heterocycles. The summed E-state index contributed by atoms with van der Waals surface area (Å²) in [5, 5.41) is 18.2. The number of hydrogen-bond acceptors (Lipinski definition) is 7. The van der Waals surface area contributed by atoms with E-state index < -0.39 is 0 Å². The molecular formula is C29H28N8OS. The van der Waals surface area contributed by atoms with Crippen molar-refractivity contribution >= 4 is 50.0 Å². The molecule has 39 heavy (non-hydrogen) atoms. The second kappa shape index (κ2) is 11.1. The van der Waals surface area contributed by atoms with E-state index in [2.05, 4.69) is 72.4 Å². The lowest BCUT2D eigenvalue weighted by molar-refractivity contribution is 0.238. The largest absolute Gasteiger partial charge is 0.339 e. The van der Waals surface area contributed by atoms with Gasteiger partial charge in [-0.2, -0.15) is 5.10 Å². The van der Waals surface area contributed by atoms with Crippen molar-refractivity contribution in [3.05, 3.63) is 77.6 Å². The lowest BCUT2D eigenvalue weighted by Gasteiger charge is -2.11. The van der Waals surface area contributed by atoms with Gasteiger partial charge in [0.2, 0.25) is 0 Å². The summed E-state index contributed by atoms with van der Waals surface area (Å²) in [5.41, 5.74) is 4.08. The van der Waals surface area contributed by atoms with Crippen molar-refractivity contribution in [2.45, 2.75) is 32.0 Å². The average Bonchev–Trinajstić information content (AvgIpc) is 3.67. The molecule has 1 fully saturated rings. The van der Waals surface area contributed by atoms with Crippen LogP contribution in [0.1, 0.15) is 23.8 Å². The van der Waals surface area contributed by atoms with Crippen LogP contribution in [0.4, 0.5) is 16.3 Å². The fraction of sp³-hybridized carbons (Fsp3) is 0.241. The molecular weight excluding hydrogens is 508 g/mol. The second-order valence-electron chi connectivity index (χ2n) is 9.40. The van der Waals surface area contributed by atoms with Gasteiger partial charge in [0.05, 0.1) is 39.4 Å². The number of carbonyl (C=O) groups is 1. The summed E-state index contributed by atoms with van der Waals surface area (Å²) in [4.78, 5) is 21.7. The Labute approximate surface area is 230 Å². The van der Waals surface area contributed by atoms with Crippen molar-refractivity contribution in [2.24, 2.45) is 0 Å². The zero-order valence-electron chi connectivity index (χ0n) is 21.4. The van der Waals surface area contributed by atoms with E-state index in [-0.39, 0.29) is 18.1 Å². The molecule has 2 amide bonds. The number of anilines is 2. The van der Waals surface area contributed by atoms with Crippen LogP contribution in [-0.2, 0) is 6.54 Å². The third-order valence-corrected chi connectivity index (χ3v) is 7.61. The first-order chi connectivity index (χ1) is 19.1. The van der Waals surface area contributed by atoms with Gasteiger partial charge in [-0.25, -0.2) is 14.8 Å². The van der Waals surface area contributed by atoms with E-state index in [1.54, 1.807) is 17.7 Å². The molecule has 2 atom stereocenters. The Morgan fingerprint density at radius 3 is 2.95 bits per heavy atom. The van der Waals surface area contributed by atoms with Crippen LogP contribution in [0, 0.1) is 11.8 Å². The molecule has 9 nitrogen and oxygen atoms in total. The number of carbonyl (C=O) groups excluding carboxylic acids is 1. The molecule has 10 heteroatoms. The first kappa shape index (κ1) is 24.9. The SMILES string of the molecule is CCNC(=O)N[C@H]1CN[C@H](C#Cc2cc3ncnc(Nc4ccc5c(cnn5Cc5ccccc5)c4)c3s2)C1. The van der Waals surface area contributed by atoms with Crippen LogP contribution < -0.4 is 21.3 Å². The number of thiophene rings is 1. The van der Waals surface area contributed by atoms with Crippen LogP contribution in [0.15, 0.2) is 67.1 Å². The Bertz CT molecular complexity index is 1680. The summed E-state index contributed by atoms with van der Waals surface area (Å²) < 4.78 is 2.97. The molecule has 196 valence electrons. The number of fused-ring (bicyclic) bond motifs is 2. The number of nitrogens with zero attached hydrogens (tertiary/aromatic N) is 4. The van der Waals surface area contributed by atoms with Crippen LogP contribution in [-0.4, -0.2) is 51.0 Å². The smallest absolute Gasteiger partial charge is 0.315 e. The molecule has 2 aromatic carbocycles. The standard InChI is InChI=1S/C29H28N8OS/c1-2-30-29(38)36-23-13-21(31-16-23)8-10-24-14-25-27(39-24)28(33-18-32-25)35-22-9-11-26-20(12-22)15-34-37(26)17-19-6-4-3-5-7-19/h3-7,9,11-12,14-15,18,21,23,31H,2,13,16-17H2,1H3,(H2,30,36,38)(H,32,33,35)/t21-,23-/m1/s1. The average molecular weight is 537 g/mol. The highest BCUT2D eigenvalue weighted by Gasteiger charge is 2.23. The highest BCUT2D eigenvalue weighted by Crippen LogP contribution is 2.31. The van der Waals surface area contributed by atoms with Crippen LogP contribution in [0.3, 0.4) is 0 Å². The van der Waals surface area contributed by atoms with Gasteiger partial charge in [0.15, 0.2) is 5.82 Å². The first-order valence-electron chi connectivity index (χ1n) is 12.9. The van der Waals surface area contributed by atoms with E-state index in [0.717, 1.165) is 50.5 Å². The summed E-state index contributed by atoms with van der Waals surface area (Å²) in [6.45, 7) is 3.94. The predicted molar refractivity (Wildman–Crippen MR) is 155 cm³/mol. The molecule has 0 saturated carbocycles. The quantitative estimate of drug-likeness (QED) is 0.242. The summed E-state index contributed by atoms with van der Waals surface area (Å²) in [6.07, 6.45) is 4.23. The van der Waals surface area contributed by atoms with Crippen LogP contribution >= 0.6 is 11.3 Å². The monoisotopic (exact) mass is 536 g/mol. The number of urea groups is 1. The van der Waals surface area contributed by atoms with Crippen molar-refractivity contribution < 1.29 is 4.79 Å². The van der Waals surface area contributed by atoms with Crippen LogP contribution in [0.25, 0.3) is 21.1 Å². The maximum Gasteiger partial charge on any atom is 0.315 e. The van der Waals surface area contributed by atoms with Gasteiger partial charge in [-0.05, 0) is 43.2 Å². The Hall–Kier alpha value is -4.46. The van der Waals surface area contributed by atoms with Crippen LogP contribution in [0.5, 0.6) is 0 Å². The Balaban J connectivity index is 1.16. The van der Waals surface area contributed by atoms with Gasteiger partial charge in [0, 0.05) is 30.2 Å². The number of rotatable bonds is 6. The Morgan fingerprint density at radius 1 is 1.18 bits per heavy atom. The van der Waals surface area contributed by atoms with Gasteiger partial charge in [0.25, 0.3) is 0 Å². The highest BCUT2D eigenvalue weighted by atomic mass is 32.1. The van der Waals surface area contributed by atoms with Crippen LogP contribution in [0.2, 0.25) is 0 Å². The highest BCUT2D eigenvalue weighted by molar-refractivity contribution is 7.20. The molecule has 1 saturated heterocycles. The lowest BCUT2D eigenvalue weighted by Crippen LogP contribution is -2.42. The maximum atomic E-state index is 11.8. The lowest BCUT2D eigenvalue weighted by atomic mass is 10.2. The van der Waals surface area contributed by atoms with E-state index >= 15 is 0 Å². The number of amides is 2. The molecule has 0 radical (unpaired) electrons. The minimum atomic E-state index is -0.138. The minimum absolute atomic E-state index is 0.0281. The normalized spacial score (nSPS) is 16.6. The molecule has 3 aromatic heterocycles. The maximum absolute atomic E-state index is 11.8. The van der Waals surface area contributed by atoms with Gasteiger partial charge < -0.3 is 21.3 Å². The molecule has 4 N–H and O–H groups in total. The Morgan fingerprint density at radius 2 is 2.08 bits per heavy atom. The molecule has 6 rings (SSSR count). The van der Waals surface area contributed by atoms with Crippen molar-refractivity contribution in [2.75, 3.05) is 18.4 Å². The summed E-state index contributed by atoms with van der Waals surface area (Å²) >= 11 is 1.57. The summed E-state index contributed by atoms with van der Waals surface area (Å²) in [6, 6.07) is 18.5. The molecule has 0 bridgehead atoms. The fourth-order valence-electron chi connectivity index (χ4n) is 4.70. The van der Waals surface area contributed by atoms with Gasteiger partial charge >= 0.3 is 6.03 Å². The van der Waals surface area contributed by atoms with Crippen molar-refractivity contribution in [3.8, 4) is 11.8 Å². The van der Waals surface area contributed by atoms with Gasteiger partial charge in [0.1, 0.15) is 6.33 Å². The molecule has 0 aliphatic carbocycles. The minimum Gasteiger partial charge on any atom is -0.339 e. The van der Waals surface area contributed by atoms with Crippen molar-refractivity contribution in [1.29, 1.82) is 0 Å². The van der Waals surface area contributed by atoms with E-state index in [0.29, 0.717) is 13.1 Å². The van der Waals surface area contributed by atoms with Gasteiger partial charge in [-0.3, -0.25) is 4.68 Å². The van der Waals surface area contributed by atoms with Gasteiger partial charge in [-0.15, -0.1) is 11.3 Å². The zero-order valence-corrected chi connectivity index (χ0v) is 22.3. The molecule has 0 unspecified atom stereocenters. The molecule has 4 heterocycles.